The molecule has 1 amide bonds. The van der Waals surface area contributed by atoms with Crippen molar-refractivity contribution in [2.45, 2.75) is 6.92 Å². The fourth-order valence-corrected chi connectivity index (χ4v) is 3.99. The number of amides is 1. The van der Waals surface area contributed by atoms with Gasteiger partial charge in [0.05, 0.1) is 10.6 Å². The number of furan rings is 1. The van der Waals surface area contributed by atoms with Gasteiger partial charge in [0.25, 0.3) is 5.91 Å². The number of amidine groups is 1. The summed E-state index contributed by atoms with van der Waals surface area (Å²) in [5, 5.41) is 0.706. The predicted molar refractivity (Wildman–Crippen MR) is 102 cm³/mol. The largest absolute Gasteiger partial charge is 0.462 e. The lowest BCUT2D eigenvalue weighted by molar-refractivity contribution is -0.113. The Bertz CT molecular complexity index is 898. The van der Waals surface area contributed by atoms with Crippen molar-refractivity contribution < 1.29 is 13.6 Å². The zero-order valence-corrected chi connectivity index (χ0v) is 15.1. The van der Waals surface area contributed by atoms with Gasteiger partial charge in [0.15, 0.2) is 5.17 Å². The first-order chi connectivity index (χ1) is 12.6. The van der Waals surface area contributed by atoms with Crippen LogP contribution in [-0.4, -0.2) is 42.2 Å². The molecule has 1 fully saturated rings. The van der Waals surface area contributed by atoms with Crippen LogP contribution in [0.4, 0.5) is 10.1 Å². The lowest BCUT2D eigenvalue weighted by Gasteiger charge is -2.36. The van der Waals surface area contributed by atoms with E-state index < -0.39 is 0 Å². The Balaban J connectivity index is 1.41. The molecule has 5 nitrogen and oxygen atoms in total. The Morgan fingerprint density at radius 2 is 1.85 bits per heavy atom. The van der Waals surface area contributed by atoms with Gasteiger partial charge in [-0.1, -0.05) is 12.1 Å². The third-order valence-electron chi connectivity index (χ3n) is 4.39. The van der Waals surface area contributed by atoms with E-state index in [1.165, 1.54) is 17.8 Å². The molecule has 7 heteroatoms. The second-order valence-electron chi connectivity index (χ2n) is 6.18. The number of nitrogens with zero attached hydrogens (tertiary/aromatic N) is 3. The van der Waals surface area contributed by atoms with Crippen LogP contribution in [0, 0.1) is 12.7 Å². The van der Waals surface area contributed by atoms with Crippen molar-refractivity contribution in [2.75, 3.05) is 31.1 Å². The zero-order chi connectivity index (χ0) is 18.1. The Labute approximate surface area is 155 Å². The number of carbonyl (C=O) groups is 1. The highest BCUT2D eigenvalue weighted by Gasteiger charge is 2.29. The van der Waals surface area contributed by atoms with Crippen LogP contribution in [0.15, 0.2) is 50.7 Å². The fourth-order valence-electron chi connectivity index (χ4n) is 3.04. The molecule has 0 bridgehead atoms. The van der Waals surface area contributed by atoms with Crippen molar-refractivity contribution in [1.82, 2.24) is 4.90 Å². The molecule has 1 aromatic carbocycles. The van der Waals surface area contributed by atoms with Gasteiger partial charge in [0.2, 0.25) is 0 Å². The Morgan fingerprint density at radius 1 is 1.12 bits per heavy atom. The molecule has 0 spiro atoms. The highest BCUT2D eigenvalue weighted by atomic mass is 32.2. The van der Waals surface area contributed by atoms with Gasteiger partial charge in [-0.25, -0.2) is 4.39 Å². The number of benzene rings is 1. The van der Waals surface area contributed by atoms with Crippen LogP contribution in [0.25, 0.3) is 6.08 Å². The summed E-state index contributed by atoms with van der Waals surface area (Å²) in [7, 11) is 0. The third kappa shape index (κ3) is 3.39. The summed E-state index contributed by atoms with van der Waals surface area (Å²) in [6, 6.07) is 10.5. The number of thioether (sulfide) groups is 1. The molecular weight excluding hydrogens is 353 g/mol. The number of hydrogen-bond donors (Lipinski definition) is 0. The van der Waals surface area contributed by atoms with Crippen LogP contribution in [0.2, 0.25) is 0 Å². The minimum atomic E-state index is -0.240. The number of hydrogen-bond acceptors (Lipinski definition) is 5. The van der Waals surface area contributed by atoms with E-state index in [1.807, 2.05) is 30.0 Å². The van der Waals surface area contributed by atoms with E-state index in [4.69, 9.17) is 4.42 Å². The van der Waals surface area contributed by atoms with E-state index in [9.17, 15) is 9.18 Å². The van der Waals surface area contributed by atoms with Crippen LogP contribution in [0.1, 0.15) is 11.5 Å². The van der Waals surface area contributed by atoms with E-state index in [0.29, 0.717) is 47.7 Å². The monoisotopic (exact) mass is 371 g/mol. The molecule has 1 saturated heterocycles. The van der Waals surface area contributed by atoms with Gasteiger partial charge in [-0.3, -0.25) is 4.79 Å². The van der Waals surface area contributed by atoms with E-state index in [2.05, 4.69) is 9.89 Å². The van der Waals surface area contributed by atoms with Crippen LogP contribution < -0.4 is 4.90 Å². The molecule has 4 rings (SSSR count). The summed E-state index contributed by atoms with van der Waals surface area (Å²) in [4.78, 5) is 21.0. The van der Waals surface area contributed by atoms with Crippen LogP contribution in [0.5, 0.6) is 0 Å². The number of rotatable bonds is 2. The third-order valence-corrected chi connectivity index (χ3v) is 5.43. The van der Waals surface area contributed by atoms with E-state index in [-0.39, 0.29) is 11.7 Å². The summed E-state index contributed by atoms with van der Waals surface area (Å²) in [6.45, 7) is 4.63. The molecule has 2 aromatic rings. The molecule has 0 N–H and O–H groups in total. The quantitative estimate of drug-likeness (QED) is 0.756. The van der Waals surface area contributed by atoms with Gasteiger partial charge in [-0.2, -0.15) is 4.99 Å². The van der Waals surface area contributed by atoms with Crippen molar-refractivity contribution in [3.05, 3.63) is 58.6 Å². The smallest absolute Gasteiger partial charge is 0.286 e. The van der Waals surface area contributed by atoms with Gasteiger partial charge in [-0.05, 0) is 43.0 Å². The number of aryl methyl sites for hydroxylation is 1. The molecular formula is C19H18FN3O2S. The van der Waals surface area contributed by atoms with Gasteiger partial charge >= 0.3 is 0 Å². The molecule has 1 aromatic heterocycles. The lowest BCUT2D eigenvalue weighted by atomic mass is 10.2. The van der Waals surface area contributed by atoms with Gasteiger partial charge in [0.1, 0.15) is 17.3 Å². The van der Waals surface area contributed by atoms with Gasteiger partial charge < -0.3 is 14.2 Å². The number of piperazine rings is 1. The molecule has 0 saturated carbocycles. The van der Waals surface area contributed by atoms with Crippen molar-refractivity contribution in [1.29, 1.82) is 0 Å². The average Bonchev–Trinajstić information content (AvgIpc) is 3.22. The fraction of sp³-hybridized carbons (Fsp3) is 0.263. The first-order valence-corrected chi connectivity index (χ1v) is 9.25. The summed E-state index contributed by atoms with van der Waals surface area (Å²) in [5.41, 5.74) is 0.623. The highest BCUT2D eigenvalue weighted by molar-refractivity contribution is 8.18. The molecule has 2 aliphatic heterocycles. The molecule has 0 atom stereocenters. The predicted octanol–water partition coefficient (Wildman–Crippen LogP) is 3.52. The summed E-state index contributed by atoms with van der Waals surface area (Å²) in [5.74, 6) is 1.01. The summed E-state index contributed by atoms with van der Waals surface area (Å²) >= 11 is 1.36. The molecule has 0 radical (unpaired) electrons. The van der Waals surface area contributed by atoms with E-state index in [1.54, 1.807) is 18.2 Å². The molecule has 26 heavy (non-hydrogen) atoms. The normalized spacial score (nSPS) is 19.4. The zero-order valence-electron chi connectivity index (χ0n) is 14.3. The topological polar surface area (TPSA) is 49.0 Å². The van der Waals surface area contributed by atoms with Gasteiger partial charge in [-0.15, -0.1) is 0 Å². The number of carbonyl (C=O) groups excluding carboxylic acids is 1. The first kappa shape index (κ1) is 16.9. The second kappa shape index (κ2) is 6.99. The molecule has 0 unspecified atom stereocenters. The van der Waals surface area contributed by atoms with Crippen LogP contribution >= 0.6 is 11.8 Å². The minimum absolute atomic E-state index is 0.206. The van der Waals surface area contributed by atoms with Crippen LogP contribution in [-0.2, 0) is 4.79 Å². The minimum Gasteiger partial charge on any atom is -0.462 e. The van der Waals surface area contributed by atoms with Crippen molar-refractivity contribution in [2.24, 2.45) is 4.99 Å². The van der Waals surface area contributed by atoms with Gasteiger partial charge in [0, 0.05) is 32.3 Å². The van der Waals surface area contributed by atoms with E-state index in [0.717, 1.165) is 5.76 Å². The molecule has 2 aliphatic rings. The maximum absolute atomic E-state index is 13.9. The molecule has 3 heterocycles. The maximum Gasteiger partial charge on any atom is 0.286 e. The van der Waals surface area contributed by atoms with E-state index >= 15 is 0 Å². The first-order valence-electron chi connectivity index (χ1n) is 8.43. The highest BCUT2D eigenvalue weighted by Crippen LogP contribution is 2.31. The average molecular weight is 371 g/mol. The van der Waals surface area contributed by atoms with Crippen LogP contribution in [0.3, 0.4) is 0 Å². The standard InChI is InChI=1S/C19H18FN3O2S/c1-13-6-7-14(25-13)12-17-18(24)21-19(26-17)23-10-8-22(9-11-23)16-5-3-2-4-15(16)20/h2-7,12H,8-11H2,1H3/b17-12+. The Hall–Kier alpha value is -2.54. The van der Waals surface area contributed by atoms with Crippen molar-refractivity contribution in [3.63, 3.8) is 0 Å². The number of anilines is 1. The number of aliphatic imine (C=N–C) groups is 1. The van der Waals surface area contributed by atoms with Crippen molar-refractivity contribution in [3.8, 4) is 0 Å². The molecule has 134 valence electrons. The maximum atomic E-state index is 13.9. The number of halogens is 1. The molecule has 0 aliphatic carbocycles. The Kier molecular flexibility index (Phi) is 4.55. The number of para-hydroxylation sites is 1. The van der Waals surface area contributed by atoms with Crippen molar-refractivity contribution >= 4 is 34.6 Å². The summed E-state index contributed by atoms with van der Waals surface area (Å²) in [6.07, 6.45) is 1.73. The Morgan fingerprint density at radius 3 is 2.54 bits per heavy atom. The summed E-state index contributed by atoms with van der Waals surface area (Å²) < 4.78 is 19.4. The second-order valence-corrected chi connectivity index (χ2v) is 7.19. The SMILES string of the molecule is Cc1ccc(/C=C2/SC(N3CCN(c4ccccc4F)CC3)=NC2=O)o1. The lowest BCUT2D eigenvalue weighted by Crippen LogP contribution is -2.48.